The fourth-order valence-corrected chi connectivity index (χ4v) is 3.57. The molecule has 4 aromatic rings. The van der Waals surface area contributed by atoms with Gasteiger partial charge in [0, 0.05) is 30.5 Å². The number of aromatic nitrogens is 5. The fourth-order valence-electron chi connectivity index (χ4n) is 3.57. The Bertz CT molecular complexity index is 1290. The van der Waals surface area contributed by atoms with E-state index in [0.29, 0.717) is 19.0 Å². The summed E-state index contributed by atoms with van der Waals surface area (Å²) >= 11 is 0. The number of para-hydroxylation sites is 2. The molecule has 6 nitrogen and oxygen atoms in total. The third-order valence-corrected chi connectivity index (χ3v) is 5.20. The first-order chi connectivity index (χ1) is 14.3. The summed E-state index contributed by atoms with van der Waals surface area (Å²) in [6.45, 7) is 8.89. The number of aryl methyl sites for hydroxylation is 1. The van der Waals surface area contributed by atoms with Crippen molar-refractivity contribution < 1.29 is 0 Å². The second kappa shape index (κ2) is 7.41. The van der Waals surface area contributed by atoms with E-state index in [1.807, 2.05) is 35.1 Å². The molecule has 3 aromatic heterocycles. The molecule has 5 rings (SSSR count). The van der Waals surface area contributed by atoms with Gasteiger partial charge in [0.15, 0.2) is 0 Å². The highest BCUT2D eigenvalue weighted by molar-refractivity contribution is 5.84. The summed E-state index contributed by atoms with van der Waals surface area (Å²) in [6, 6.07) is 10.1. The first kappa shape index (κ1) is 17.5. The van der Waals surface area contributed by atoms with E-state index in [0.717, 1.165) is 46.4 Å². The monoisotopic (exact) mass is 380 g/mol. The highest BCUT2D eigenvalue weighted by Gasteiger charge is 2.19. The summed E-state index contributed by atoms with van der Waals surface area (Å²) < 4.78 is 4.16. The highest BCUT2D eigenvalue weighted by Crippen LogP contribution is 2.28. The molecule has 29 heavy (non-hydrogen) atoms. The standard InChI is InChI=1S/C23H20N6/c1-24-12-4-14-28-21-6-3-2-5-20(21)26-23(28)16-29-22-15-25-13-11-18(22)19(27-29)10-9-17-7-8-17/h2-3,5-6,11,13,15,17H,4,7-8,12,14,16H2. The Morgan fingerprint density at radius 3 is 2.93 bits per heavy atom. The summed E-state index contributed by atoms with van der Waals surface area (Å²) in [6.07, 6.45) is 6.83. The normalized spacial score (nSPS) is 13.3. The van der Waals surface area contributed by atoms with E-state index in [1.165, 1.54) is 12.8 Å². The number of nitrogens with zero attached hydrogens (tertiary/aromatic N) is 6. The first-order valence-electron chi connectivity index (χ1n) is 9.93. The van der Waals surface area contributed by atoms with Crippen molar-refractivity contribution in [2.24, 2.45) is 5.92 Å². The lowest BCUT2D eigenvalue weighted by molar-refractivity contribution is 0.599. The van der Waals surface area contributed by atoms with Gasteiger partial charge in [0.2, 0.25) is 6.54 Å². The Morgan fingerprint density at radius 2 is 2.07 bits per heavy atom. The van der Waals surface area contributed by atoms with Crippen molar-refractivity contribution in [2.45, 2.75) is 32.4 Å². The lowest BCUT2D eigenvalue weighted by Crippen LogP contribution is -2.11. The number of pyridine rings is 1. The lowest BCUT2D eigenvalue weighted by Gasteiger charge is -2.08. The smallest absolute Gasteiger partial charge is 0.216 e. The summed E-state index contributed by atoms with van der Waals surface area (Å²) in [4.78, 5) is 12.6. The van der Waals surface area contributed by atoms with E-state index in [9.17, 15) is 0 Å². The largest absolute Gasteiger partial charge is 0.326 e. The second-order valence-corrected chi connectivity index (χ2v) is 7.35. The predicted octanol–water partition coefficient (Wildman–Crippen LogP) is 3.90. The lowest BCUT2D eigenvalue weighted by atomic mass is 10.2. The van der Waals surface area contributed by atoms with Crippen molar-refractivity contribution >= 4 is 21.9 Å². The quantitative estimate of drug-likeness (QED) is 0.300. The molecular weight excluding hydrogens is 360 g/mol. The molecule has 1 aliphatic rings. The Morgan fingerprint density at radius 1 is 1.17 bits per heavy atom. The SMILES string of the molecule is [C-]#[N+]CCCn1c(Cn2nc(C#CC3CC3)c3ccncc32)nc2ccccc21. The van der Waals surface area contributed by atoms with Gasteiger partial charge in [-0.05, 0) is 37.0 Å². The van der Waals surface area contributed by atoms with E-state index in [1.54, 1.807) is 6.20 Å². The van der Waals surface area contributed by atoms with Crippen LogP contribution in [-0.4, -0.2) is 30.9 Å². The summed E-state index contributed by atoms with van der Waals surface area (Å²) in [5, 5.41) is 5.82. The summed E-state index contributed by atoms with van der Waals surface area (Å²) in [5.41, 5.74) is 3.83. The molecule has 0 unspecified atom stereocenters. The van der Waals surface area contributed by atoms with Crippen LogP contribution in [-0.2, 0) is 13.1 Å². The average Bonchev–Trinajstić information content (AvgIpc) is 3.43. The van der Waals surface area contributed by atoms with Crippen molar-refractivity contribution in [2.75, 3.05) is 6.54 Å². The minimum Gasteiger partial charge on any atom is -0.326 e. The topological polar surface area (TPSA) is 52.9 Å². The van der Waals surface area contributed by atoms with E-state index in [-0.39, 0.29) is 0 Å². The molecule has 6 heteroatoms. The Kier molecular flexibility index (Phi) is 4.46. The molecule has 1 aliphatic carbocycles. The van der Waals surface area contributed by atoms with Crippen LogP contribution in [0, 0.1) is 24.3 Å². The molecule has 0 saturated heterocycles. The van der Waals surface area contributed by atoms with Crippen molar-refractivity contribution in [1.29, 1.82) is 0 Å². The number of rotatable bonds is 5. The second-order valence-electron chi connectivity index (χ2n) is 7.35. The molecule has 1 aromatic carbocycles. The third-order valence-electron chi connectivity index (χ3n) is 5.20. The maximum atomic E-state index is 7.06. The van der Waals surface area contributed by atoms with Crippen LogP contribution in [0.5, 0.6) is 0 Å². The molecule has 1 fully saturated rings. The zero-order chi connectivity index (χ0) is 19.6. The van der Waals surface area contributed by atoms with Crippen LogP contribution in [0.15, 0.2) is 42.7 Å². The van der Waals surface area contributed by atoms with Gasteiger partial charge in [-0.2, -0.15) is 5.10 Å². The average molecular weight is 380 g/mol. The maximum absolute atomic E-state index is 7.06. The van der Waals surface area contributed by atoms with Crippen molar-refractivity contribution in [3.8, 4) is 11.8 Å². The minimum atomic E-state index is 0.515. The van der Waals surface area contributed by atoms with Crippen LogP contribution >= 0.6 is 0 Å². The van der Waals surface area contributed by atoms with Gasteiger partial charge in [-0.1, -0.05) is 18.1 Å². The Balaban J connectivity index is 1.56. The van der Waals surface area contributed by atoms with Gasteiger partial charge in [-0.25, -0.2) is 11.6 Å². The molecule has 0 atom stereocenters. The van der Waals surface area contributed by atoms with Crippen LogP contribution in [0.3, 0.4) is 0 Å². The summed E-state index contributed by atoms with van der Waals surface area (Å²) in [7, 11) is 0. The van der Waals surface area contributed by atoms with Gasteiger partial charge in [0.1, 0.15) is 11.5 Å². The molecular formula is C23H20N6. The van der Waals surface area contributed by atoms with E-state index < -0.39 is 0 Å². The molecule has 0 radical (unpaired) electrons. The maximum Gasteiger partial charge on any atom is 0.216 e. The number of benzene rings is 1. The van der Waals surface area contributed by atoms with E-state index >= 15 is 0 Å². The van der Waals surface area contributed by atoms with Gasteiger partial charge in [0.05, 0.1) is 29.3 Å². The van der Waals surface area contributed by atoms with E-state index in [4.69, 9.17) is 16.7 Å². The van der Waals surface area contributed by atoms with Gasteiger partial charge < -0.3 is 9.41 Å². The zero-order valence-corrected chi connectivity index (χ0v) is 16.0. The Hall–Kier alpha value is -3.64. The van der Waals surface area contributed by atoms with Gasteiger partial charge >= 0.3 is 0 Å². The van der Waals surface area contributed by atoms with Gasteiger partial charge in [-0.3, -0.25) is 9.67 Å². The van der Waals surface area contributed by atoms with Crippen LogP contribution in [0.1, 0.15) is 30.8 Å². The molecule has 0 N–H and O–H groups in total. The van der Waals surface area contributed by atoms with Crippen molar-refractivity contribution in [1.82, 2.24) is 24.3 Å². The third kappa shape index (κ3) is 3.46. The van der Waals surface area contributed by atoms with Crippen LogP contribution in [0.2, 0.25) is 0 Å². The van der Waals surface area contributed by atoms with Crippen LogP contribution in [0.25, 0.3) is 26.8 Å². The number of imidazole rings is 1. The van der Waals surface area contributed by atoms with E-state index in [2.05, 4.69) is 32.3 Å². The molecule has 0 bridgehead atoms. The number of fused-ring (bicyclic) bond motifs is 2. The molecule has 0 aliphatic heterocycles. The predicted molar refractivity (Wildman–Crippen MR) is 112 cm³/mol. The number of hydrogen-bond acceptors (Lipinski definition) is 3. The van der Waals surface area contributed by atoms with Crippen LogP contribution in [0.4, 0.5) is 0 Å². The molecule has 0 spiro atoms. The van der Waals surface area contributed by atoms with Gasteiger partial charge in [0.25, 0.3) is 0 Å². The summed E-state index contributed by atoms with van der Waals surface area (Å²) in [5.74, 6) is 8.05. The highest BCUT2D eigenvalue weighted by atomic mass is 15.3. The minimum absolute atomic E-state index is 0.515. The Labute approximate surface area is 169 Å². The molecule has 1 saturated carbocycles. The van der Waals surface area contributed by atoms with Crippen molar-refractivity contribution in [3.05, 3.63) is 65.7 Å². The van der Waals surface area contributed by atoms with Gasteiger partial charge in [-0.15, -0.1) is 0 Å². The molecule has 3 heterocycles. The van der Waals surface area contributed by atoms with Crippen molar-refractivity contribution in [3.63, 3.8) is 0 Å². The fraction of sp³-hybridized carbons (Fsp3) is 0.304. The number of hydrogen-bond donors (Lipinski definition) is 0. The first-order valence-corrected chi connectivity index (χ1v) is 9.93. The molecule has 0 amide bonds. The zero-order valence-electron chi connectivity index (χ0n) is 16.0. The van der Waals surface area contributed by atoms with Crippen LogP contribution < -0.4 is 0 Å². The molecule has 142 valence electrons.